The van der Waals surface area contributed by atoms with Crippen molar-refractivity contribution >= 4 is 0 Å². The van der Waals surface area contributed by atoms with Crippen molar-refractivity contribution in [1.29, 1.82) is 0 Å². The summed E-state index contributed by atoms with van der Waals surface area (Å²) in [4.78, 5) is 0. The molecule has 1 aliphatic carbocycles. The van der Waals surface area contributed by atoms with Gasteiger partial charge in [-0.25, -0.2) is 0 Å². The lowest BCUT2D eigenvalue weighted by molar-refractivity contribution is 0.146. The lowest BCUT2D eigenvalue weighted by Gasteiger charge is -2.07. The second kappa shape index (κ2) is 1.70. The quantitative estimate of drug-likeness (QED) is 0.574. The first-order valence-electron chi connectivity index (χ1n) is 3.60. The molecule has 0 spiro atoms. The van der Waals surface area contributed by atoms with Gasteiger partial charge < -0.3 is 10.1 Å². The first kappa shape index (κ1) is 5.69. The number of hydrogen-bond acceptors (Lipinski definition) is 2. The summed E-state index contributed by atoms with van der Waals surface area (Å²) in [5.74, 6) is 0.893. The van der Waals surface area contributed by atoms with Gasteiger partial charge in [-0.2, -0.15) is 0 Å². The number of ether oxygens (including phenoxy) is 1. The Morgan fingerprint density at radius 3 is 3.11 bits per heavy atom. The van der Waals surface area contributed by atoms with Crippen molar-refractivity contribution in [2.75, 3.05) is 26.8 Å². The van der Waals surface area contributed by atoms with Crippen LogP contribution in [-0.4, -0.2) is 26.8 Å². The van der Waals surface area contributed by atoms with Gasteiger partial charge in [0.1, 0.15) is 0 Å². The predicted molar refractivity (Wildman–Crippen MR) is 35.3 cm³/mol. The molecule has 0 radical (unpaired) electrons. The summed E-state index contributed by atoms with van der Waals surface area (Å²) in [5.41, 5.74) is 0.578. The maximum atomic E-state index is 5.32. The lowest BCUT2D eigenvalue weighted by atomic mass is 10.1. The van der Waals surface area contributed by atoms with Crippen molar-refractivity contribution in [3.05, 3.63) is 0 Å². The molecule has 0 aromatic carbocycles. The van der Waals surface area contributed by atoms with E-state index in [2.05, 4.69) is 5.32 Å². The molecule has 2 atom stereocenters. The molecule has 0 amide bonds. The van der Waals surface area contributed by atoms with E-state index in [0.717, 1.165) is 25.7 Å². The third kappa shape index (κ3) is 0.700. The van der Waals surface area contributed by atoms with Crippen molar-refractivity contribution in [3.8, 4) is 0 Å². The van der Waals surface area contributed by atoms with Gasteiger partial charge in [0.15, 0.2) is 0 Å². The Balaban J connectivity index is 1.95. The molecule has 0 aromatic rings. The Hall–Kier alpha value is -0.0800. The molecular weight excluding hydrogens is 114 g/mol. The van der Waals surface area contributed by atoms with Gasteiger partial charge in [0.05, 0.1) is 13.2 Å². The van der Waals surface area contributed by atoms with Crippen molar-refractivity contribution in [3.63, 3.8) is 0 Å². The third-order valence-corrected chi connectivity index (χ3v) is 2.60. The minimum Gasteiger partial charge on any atom is -0.380 e. The molecule has 1 heterocycles. The summed E-state index contributed by atoms with van der Waals surface area (Å²) in [6, 6.07) is 0. The third-order valence-electron chi connectivity index (χ3n) is 2.60. The zero-order valence-corrected chi connectivity index (χ0v) is 5.81. The van der Waals surface area contributed by atoms with E-state index in [1.54, 1.807) is 0 Å². The second-order valence-electron chi connectivity index (χ2n) is 3.31. The van der Waals surface area contributed by atoms with Gasteiger partial charge in [-0.15, -0.1) is 0 Å². The zero-order valence-electron chi connectivity index (χ0n) is 5.81. The summed E-state index contributed by atoms with van der Waals surface area (Å²) < 4.78 is 5.32. The van der Waals surface area contributed by atoms with Gasteiger partial charge in [-0.05, 0) is 19.4 Å². The average molecular weight is 127 g/mol. The van der Waals surface area contributed by atoms with E-state index in [9.17, 15) is 0 Å². The van der Waals surface area contributed by atoms with Crippen molar-refractivity contribution < 1.29 is 4.74 Å². The Bertz CT molecular complexity index is 126. The molecule has 2 fully saturated rings. The number of hydrogen-bond donors (Lipinski definition) is 1. The Morgan fingerprint density at radius 1 is 1.78 bits per heavy atom. The zero-order chi connectivity index (χ0) is 6.32. The maximum absolute atomic E-state index is 5.32. The van der Waals surface area contributed by atoms with Crippen molar-refractivity contribution in [2.24, 2.45) is 11.3 Å². The molecule has 1 aliphatic heterocycles. The van der Waals surface area contributed by atoms with E-state index in [4.69, 9.17) is 4.74 Å². The van der Waals surface area contributed by atoms with E-state index < -0.39 is 0 Å². The highest BCUT2D eigenvalue weighted by molar-refractivity contribution is 5.06. The molecule has 9 heavy (non-hydrogen) atoms. The molecule has 2 aliphatic rings. The standard InChI is InChI=1S/C7H13NO/c1-8-4-7-2-6(7)3-9-5-7/h6,8H,2-5H2,1H3. The highest BCUT2D eigenvalue weighted by Gasteiger charge is 2.57. The predicted octanol–water partition coefficient (Wildman–Crippen LogP) is 0.242. The van der Waals surface area contributed by atoms with Gasteiger partial charge in [0.2, 0.25) is 0 Å². The maximum Gasteiger partial charge on any atom is 0.0538 e. The number of nitrogens with one attached hydrogen (secondary N) is 1. The highest BCUT2D eigenvalue weighted by atomic mass is 16.5. The van der Waals surface area contributed by atoms with Crippen LogP contribution in [0.2, 0.25) is 0 Å². The molecule has 2 rings (SSSR count). The van der Waals surface area contributed by atoms with E-state index >= 15 is 0 Å². The van der Waals surface area contributed by atoms with Gasteiger partial charge in [-0.3, -0.25) is 0 Å². The largest absolute Gasteiger partial charge is 0.380 e. The van der Waals surface area contributed by atoms with Gasteiger partial charge in [-0.1, -0.05) is 0 Å². The SMILES string of the molecule is CNCC12COCC1C2. The van der Waals surface area contributed by atoms with Crippen LogP contribution in [0, 0.1) is 11.3 Å². The Labute approximate surface area is 55.6 Å². The molecule has 2 unspecified atom stereocenters. The monoisotopic (exact) mass is 127 g/mol. The van der Waals surface area contributed by atoms with Crippen molar-refractivity contribution in [1.82, 2.24) is 5.32 Å². The van der Waals surface area contributed by atoms with Crippen LogP contribution in [0.5, 0.6) is 0 Å². The van der Waals surface area contributed by atoms with Crippen LogP contribution in [0.1, 0.15) is 6.42 Å². The second-order valence-corrected chi connectivity index (χ2v) is 3.31. The van der Waals surface area contributed by atoms with E-state index in [0.29, 0.717) is 5.41 Å². The summed E-state index contributed by atoms with van der Waals surface area (Å²) in [5, 5.41) is 3.21. The fraction of sp³-hybridized carbons (Fsp3) is 1.00. The Morgan fingerprint density at radius 2 is 2.67 bits per heavy atom. The van der Waals surface area contributed by atoms with Gasteiger partial charge in [0.25, 0.3) is 0 Å². The first-order chi connectivity index (χ1) is 4.37. The minimum absolute atomic E-state index is 0.578. The molecule has 1 N–H and O–H groups in total. The van der Waals surface area contributed by atoms with Crippen LogP contribution < -0.4 is 5.32 Å². The molecule has 1 saturated heterocycles. The number of rotatable bonds is 2. The highest BCUT2D eigenvalue weighted by Crippen LogP contribution is 2.56. The molecule has 0 bridgehead atoms. The minimum atomic E-state index is 0.578. The average Bonchev–Trinajstić information content (AvgIpc) is 2.37. The summed E-state index contributed by atoms with van der Waals surface area (Å²) in [7, 11) is 2.02. The molecule has 0 aromatic heterocycles. The molecular formula is C7H13NO. The summed E-state index contributed by atoms with van der Waals surface area (Å²) in [6.07, 6.45) is 1.40. The molecule has 1 saturated carbocycles. The van der Waals surface area contributed by atoms with E-state index in [1.165, 1.54) is 6.42 Å². The van der Waals surface area contributed by atoms with E-state index in [-0.39, 0.29) is 0 Å². The van der Waals surface area contributed by atoms with Gasteiger partial charge >= 0.3 is 0 Å². The van der Waals surface area contributed by atoms with E-state index in [1.807, 2.05) is 7.05 Å². The fourth-order valence-corrected chi connectivity index (χ4v) is 1.87. The van der Waals surface area contributed by atoms with Crippen molar-refractivity contribution in [2.45, 2.75) is 6.42 Å². The first-order valence-corrected chi connectivity index (χ1v) is 3.60. The van der Waals surface area contributed by atoms with Crippen LogP contribution in [0.15, 0.2) is 0 Å². The van der Waals surface area contributed by atoms with Crippen LogP contribution in [0.25, 0.3) is 0 Å². The van der Waals surface area contributed by atoms with Crippen LogP contribution in [-0.2, 0) is 4.74 Å². The summed E-state index contributed by atoms with van der Waals surface area (Å²) >= 11 is 0. The summed E-state index contributed by atoms with van der Waals surface area (Å²) in [6.45, 7) is 3.16. The molecule has 2 heteroatoms. The van der Waals surface area contributed by atoms with Gasteiger partial charge in [0, 0.05) is 12.0 Å². The fourth-order valence-electron chi connectivity index (χ4n) is 1.87. The number of fused-ring (bicyclic) bond motifs is 1. The Kier molecular flexibility index (Phi) is 1.08. The van der Waals surface area contributed by atoms with Crippen LogP contribution >= 0.6 is 0 Å². The normalized spacial score (nSPS) is 47.0. The molecule has 52 valence electrons. The lowest BCUT2D eigenvalue weighted by Crippen LogP contribution is -2.22. The van der Waals surface area contributed by atoms with Crippen LogP contribution in [0.4, 0.5) is 0 Å². The smallest absolute Gasteiger partial charge is 0.0538 e. The molecule has 2 nitrogen and oxygen atoms in total. The topological polar surface area (TPSA) is 21.3 Å². The van der Waals surface area contributed by atoms with Crippen LogP contribution in [0.3, 0.4) is 0 Å².